The van der Waals surface area contributed by atoms with Gasteiger partial charge in [-0.05, 0) is 48.9 Å². The first-order chi connectivity index (χ1) is 11.5. The van der Waals surface area contributed by atoms with Gasteiger partial charge in [-0.3, -0.25) is 0 Å². The summed E-state index contributed by atoms with van der Waals surface area (Å²) in [4.78, 5) is 4.38. The smallest absolute Gasteiger partial charge is 0.240 e. The van der Waals surface area contributed by atoms with Crippen molar-refractivity contribution in [3.8, 4) is 5.69 Å². The molecule has 0 amide bonds. The number of imidazole rings is 1. The molecule has 0 unspecified atom stereocenters. The van der Waals surface area contributed by atoms with Gasteiger partial charge < -0.3 is 4.57 Å². The molecule has 24 heavy (non-hydrogen) atoms. The molecule has 3 rings (SSSR count). The lowest BCUT2D eigenvalue weighted by Crippen LogP contribution is -2.23. The Morgan fingerprint density at radius 3 is 2.33 bits per heavy atom. The lowest BCUT2D eigenvalue weighted by atomic mass is 10.2. The average Bonchev–Trinajstić information content (AvgIpc) is 3.00. The highest BCUT2D eigenvalue weighted by Gasteiger charge is 2.13. The van der Waals surface area contributed by atoms with Crippen LogP contribution in [0.15, 0.2) is 65.8 Å². The molecule has 1 aromatic heterocycles. The van der Waals surface area contributed by atoms with Gasteiger partial charge in [-0.2, -0.15) is 0 Å². The van der Waals surface area contributed by atoms with E-state index in [9.17, 15) is 8.42 Å². The molecule has 5 nitrogen and oxygen atoms in total. The fourth-order valence-corrected chi connectivity index (χ4v) is 3.44. The lowest BCUT2D eigenvalue weighted by Gasteiger charge is -2.09. The van der Waals surface area contributed by atoms with Crippen molar-refractivity contribution >= 4 is 21.6 Å². The number of benzene rings is 2. The van der Waals surface area contributed by atoms with Crippen molar-refractivity contribution < 1.29 is 8.42 Å². The highest BCUT2D eigenvalue weighted by molar-refractivity contribution is 7.89. The first kappa shape index (κ1) is 16.7. The summed E-state index contributed by atoms with van der Waals surface area (Å²) in [5.41, 5.74) is 1.85. The molecule has 124 valence electrons. The van der Waals surface area contributed by atoms with Crippen molar-refractivity contribution in [2.75, 3.05) is 0 Å². The van der Waals surface area contributed by atoms with Gasteiger partial charge in [0.25, 0.3) is 0 Å². The van der Waals surface area contributed by atoms with Gasteiger partial charge in [0.15, 0.2) is 0 Å². The van der Waals surface area contributed by atoms with E-state index in [1.165, 1.54) is 12.1 Å². The first-order valence-corrected chi connectivity index (χ1v) is 9.16. The van der Waals surface area contributed by atoms with Crippen LogP contribution >= 0.6 is 11.6 Å². The Balaban J connectivity index is 1.70. The molecule has 0 atom stereocenters. The Bertz CT molecular complexity index is 933. The Hall–Kier alpha value is -2.15. The highest BCUT2D eigenvalue weighted by atomic mass is 35.5. The lowest BCUT2D eigenvalue weighted by molar-refractivity contribution is 0.581. The Kier molecular flexibility index (Phi) is 4.71. The zero-order valence-electron chi connectivity index (χ0n) is 13.0. The van der Waals surface area contributed by atoms with E-state index in [0.717, 1.165) is 17.1 Å². The molecule has 0 aliphatic rings. The Morgan fingerprint density at radius 1 is 1.08 bits per heavy atom. The van der Waals surface area contributed by atoms with Gasteiger partial charge in [-0.1, -0.05) is 23.7 Å². The van der Waals surface area contributed by atoms with Gasteiger partial charge in [0.05, 0.1) is 4.90 Å². The summed E-state index contributed by atoms with van der Waals surface area (Å²) in [5, 5.41) is 0.499. The van der Waals surface area contributed by atoms with Crippen LogP contribution in [0.1, 0.15) is 11.4 Å². The van der Waals surface area contributed by atoms with E-state index in [-0.39, 0.29) is 11.4 Å². The maximum atomic E-state index is 12.2. The minimum Gasteiger partial charge on any atom is -0.304 e. The van der Waals surface area contributed by atoms with Crippen molar-refractivity contribution in [3.05, 3.63) is 77.3 Å². The van der Waals surface area contributed by atoms with Gasteiger partial charge in [0, 0.05) is 29.6 Å². The molecule has 0 saturated heterocycles. The van der Waals surface area contributed by atoms with E-state index in [4.69, 9.17) is 11.6 Å². The van der Waals surface area contributed by atoms with Crippen LogP contribution in [0.5, 0.6) is 0 Å². The normalized spacial score (nSPS) is 11.6. The van der Waals surface area contributed by atoms with Crippen LogP contribution in [-0.4, -0.2) is 18.0 Å². The van der Waals surface area contributed by atoms with Crippen molar-refractivity contribution in [1.29, 1.82) is 0 Å². The Morgan fingerprint density at radius 2 is 1.75 bits per heavy atom. The summed E-state index contributed by atoms with van der Waals surface area (Å²) in [6.07, 6.45) is 3.62. The van der Waals surface area contributed by atoms with E-state index in [1.807, 2.05) is 42.0 Å². The number of hydrogen-bond acceptors (Lipinski definition) is 3. The van der Waals surface area contributed by atoms with Crippen LogP contribution < -0.4 is 4.72 Å². The third-order valence-corrected chi connectivity index (χ3v) is 5.30. The zero-order valence-corrected chi connectivity index (χ0v) is 14.6. The summed E-state index contributed by atoms with van der Waals surface area (Å²) in [6, 6.07) is 13.7. The summed E-state index contributed by atoms with van der Waals surface area (Å²) >= 11 is 5.78. The van der Waals surface area contributed by atoms with E-state index in [2.05, 4.69) is 9.71 Å². The van der Waals surface area contributed by atoms with Crippen LogP contribution in [-0.2, 0) is 16.6 Å². The molecule has 1 heterocycles. The van der Waals surface area contributed by atoms with Crippen molar-refractivity contribution in [1.82, 2.24) is 14.3 Å². The summed E-state index contributed by atoms with van der Waals surface area (Å²) in [5.74, 6) is 0.895. The van der Waals surface area contributed by atoms with Gasteiger partial charge >= 0.3 is 0 Å². The summed E-state index contributed by atoms with van der Waals surface area (Å²) < 4.78 is 29.0. The summed E-state index contributed by atoms with van der Waals surface area (Å²) in [6.45, 7) is 2.14. The number of nitrogens with one attached hydrogen (secondary N) is 1. The molecule has 0 fully saturated rings. The van der Waals surface area contributed by atoms with Crippen LogP contribution in [0.25, 0.3) is 5.69 Å². The van der Waals surface area contributed by atoms with Crippen molar-refractivity contribution in [2.45, 2.75) is 18.4 Å². The summed E-state index contributed by atoms with van der Waals surface area (Å²) in [7, 11) is -3.56. The van der Waals surface area contributed by atoms with Crippen LogP contribution in [0.3, 0.4) is 0 Å². The fraction of sp³-hybridized carbons (Fsp3) is 0.118. The standard InChI is InChI=1S/C17H16ClN3O2S/c1-13-19-10-11-21(13)16-6-2-14(3-7-16)12-20-24(22,23)17-8-4-15(18)5-9-17/h2-11,20H,12H2,1H3. The van der Waals surface area contributed by atoms with E-state index < -0.39 is 10.0 Å². The van der Waals surface area contributed by atoms with E-state index in [1.54, 1.807) is 18.3 Å². The molecular formula is C17H16ClN3O2S. The monoisotopic (exact) mass is 361 g/mol. The first-order valence-electron chi connectivity index (χ1n) is 7.30. The number of hydrogen-bond donors (Lipinski definition) is 1. The molecule has 0 bridgehead atoms. The number of nitrogens with zero attached hydrogens (tertiary/aromatic N) is 2. The largest absolute Gasteiger partial charge is 0.304 e. The van der Waals surface area contributed by atoms with E-state index >= 15 is 0 Å². The minimum absolute atomic E-state index is 0.192. The predicted molar refractivity (Wildman–Crippen MR) is 93.8 cm³/mol. The maximum Gasteiger partial charge on any atom is 0.240 e. The molecule has 2 aromatic carbocycles. The highest BCUT2D eigenvalue weighted by Crippen LogP contribution is 2.15. The number of aryl methyl sites for hydroxylation is 1. The third kappa shape index (κ3) is 3.67. The van der Waals surface area contributed by atoms with Gasteiger partial charge in [-0.15, -0.1) is 0 Å². The molecule has 0 spiro atoms. The topological polar surface area (TPSA) is 64.0 Å². The molecule has 3 aromatic rings. The number of rotatable bonds is 5. The van der Waals surface area contributed by atoms with Crippen molar-refractivity contribution in [2.24, 2.45) is 0 Å². The fourth-order valence-electron chi connectivity index (χ4n) is 2.30. The number of halogens is 1. The molecule has 0 saturated carbocycles. The molecule has 1 N–H and O–H groups in total. The van der Waals surface area contributed by atoms with Crippen LogP contribution in [0.4, 0.5) is 0 Å². The number of aromatic nitrogens is 2. The van der Waals surface area contributed by atoms with Crippen LogP contribution in [0, 0.1) is 6.92 Å². The molecule has 0 aliphatic carbocycles. The third-order valence-electron chi connectivity index (χ3n) is 3.63. The molecule has 7 heteroatoms. The van der Waals surface area contributed by atoms with E-state index in [0.29, 0.717) is 5.02 Å². The molecule has 0 aliphatic heterocycles. The predicted octanol–water partition coefficient (Wildman–Crippen LogP) is 3.31. The molecular weight excluding hydrogens is 346 g/mol. The SMILES string of the molecule is Cc1nccn1-c1ccc(CNS(=O)(=O)c2ccc(Cl)cc2)cc1. The van der Waals surface area contributed by atoms with Crippen molar-refractivity contribution in [3.63, 3.8) is 0 Å². The quantitative estimate of drug-likeness (QED) is 0.758. The second-order valence-corrected chi connectivity index (χ2v) is 7.49. The van der Waals surface area contributed by atoms with Gasteiger partial charge in [-0.25, -0.2) is 18.1 Å². The van der Waals surface area contributed by atoms with Gasteiger partial charge in [0.1, 0.15) is 5.82 Å². The van der Waals surface area contributed by atoms with Crippen LogP contribution in [0.2, 0.25) is 5.02 Å². The zero-order chi connectivity index (χ0) is 17.2. The minimum atomic E-state index is -3.56. The number of sulfonamides is 1. The molecule has 0 radical (unpaired) electrons. The Labute approximate surface area is 146 Å². The second-order valence-electron chi connectivity index (χ2n) is 5.29. The average molecular weight is 362 g/mol. The maximum absolute atomic E-state index is 12.2. The second kappa shape index (κ2) is 6.76. The van der Waals surface area contributed by atoms with Gasteiger partial charge in [0.2, 0.25) is 10.0 Å².